The van der Waals surface area contributed by atoms with E-state index >= 15 is 0 Å². The molecular formula is C25H18ClF6N3O2. The first kappa shape index (κ1) is 26.3. The Labute approximate surface area is 212 Å². The van der Waals surface area contributed by atoms with Gasteiger partial charge in [0.05, 0.1) is 28.3 Å². The summed E-state index contributed by atoms with van der Waals surface area (Å²) < 4.78 is 80.6. The number of rotatable bonds is 4. The smallest absolute Gasteiger partial charge is 0.406 e. The highest BCUT2D eigenvalue weighted by Crippen LogP contribution is 2.39. The highest BCUT2D eigenvalue weighted by atomic mass is 35.5. The predicted molar refractivity (Wildman–Crippen MR) is 126 cm³/mol. The molecule has 0 radical (unpaired) electrons. The van der Waals surface area contributed by atoms with Gasteiger partial charge in [-0.3, -0.25) is 0 Å². The quantitative estimate of drug-likeness (QED) is 0.348. The molecule has 3 aromatic rings. The number of carbonyl (C=O) groups is 1. The van der Waals surface area contributed by atoms with Gasteiger partial charge in [0, 0.05) is 11.3 Å². The highest BCUT2D eigenvalue weighted by molar-refractivity contribution is 6.32. The van der Waals surface area contributed by atoms with E-state index in [9.17, 15) is 31.1 Å². The van der Waals surface area contributed by atoms with Gasteiger partial charge >= 0.3 is 18.6 Å². The molecule has 4 rings (SSSR count). The number of benzene rings is 3. The molecule has 12 heteroatoms. The number of nitrogens with zero attached hydrogens (tertiary/aromatic N) is 2. The molecule has 1 heterocycles. The zero-order chi connectivity index (χ0) is 27.0. The monoisotopic (exact) mass is 541 g/mol. The third-order valence-electron chi connectivity index (χ3n) is 5.74. The average Bonchev–Trinajstić information content (AvgIpc) is 3.18. The van der Waals surface area contributed by atoms with Crippen molar-refractivity contribution in [3.05, 3.63) is 94.5 Å². The number of anilines is 1. The molecule has 3 aromatic carbocycles. The highest BCUT2D eigenvalue weighted by Gasteiger charge is 2.43. The van der Waals surface area contributed by atoms with Crippen molar-refractivity contribution in [1.82, 2.24) is 5.01 Å². The fourth-order valence-corrected chi connectivity index (χ4v) is 4.28. The summed E-state index contributed by atoms with van der Waals surface area (Å²) in [7, 11) is 0. The lowest BCUT2D eigenvalue weighted by Gasteiger charge is -2.27. The molecule has 5 nitrogen and oxygen atoms in total. The number of hydrogen-bond donors (Lipinski definition) is 1. The molecule has 0 saturated heterocycles. The van der Waals surface area contributed by atoms with Crippen LogP contribution in [0.5, 0.6) is 5.75 Å². The van der Waals surface area contributed by atoms with Crippen LogP contribution in [0.2, 0.25) is 5.02 Å². The Morgan fingerprint density at radius 2 is 1.65 bits per heavy atom. The van der Waals surface area contributed by atoms with Crippen LogP contribution in [0, 0.1) is 0 Å². The number of nitrogens with one attached hydrogen (secondary N) is 1. The molecule has 1 aliphatic rings. The number of ether oxygens (including phenoxy) is 1. The molecule has 1 aliphatic heterocycles. The number of halogens is 7. The molecule has 0 saturated carbocycles. The van der Waals surface area contributed by atoms with Crippen LogP contribution in [0.15, 0.2) is 77.9 Å². The fraction of sp³-hybridized carbons (Fsp3) is 0.200. The second-order valence-electron chi connectivity index (χ2n) is 8.40. The SMILES string of the molecule is CC1(c2ccccc2)CN(C(=O)Nc2ccc(OC(F)(F)F)cc2)N=C1c1ccc(C(F)(F)F)c(Cl)c1. The second kappa shape index (κ2) is 9.62. The summed E-state index contributed by atoms with van der Waals surface area (Å²) in [5.74, 6) is -0.456. The van der Waals surface area contributed by atoms with Crippen molar-refractivity contribution >= 4 is 29.0 Å². The molecule has 0 aromatic heterocycles. The lowest BCUT2D eigenvalue weighted by molar-refractivity contribution is -0.274. The summed E-state index contributed by atoms with van der Waals surface area (Å²) in [6, 6.07) is 16.1. The summed E-state index contributed by atoms with van der Waals surface area (Å²) in [5, 5.41) is 7.55. The Morgan fingerprint density at radius 3 is 2.22 bits per heavy atom. The predicted octanol–water partition coefficient (Wildman–Crippen LogP) is 7.47. The van der Waals surface area contributed by atoms with Crippen LogP contribution in [-0.2, 0) is 11.6 Å². The summed E-state index contributed by atoms with van der Waals surface area (Å²) in [6.45, 7) is 1.83. The number of hydrazone groups is 1. The van der Waals surface area contributed by atoms with Gasteiger partial charge in [0.15, 0.2) is 0 Å². The third-order valence-corrected chi connectivity index (χ3v) is 6.05. The zero-order valence-electron chi connectivity index (χ0n) is 19.0. The minimum Gasteiger partial charge on any atom is -0.406 e. The van der Waals surface area contributed by atoms with Crippen LogP contribution in [0.1, 0.15) is 23.6 Å². The van der Waals surface area contributed by atoms with Gasteiger partial charge in [0.2, 0.25) is 0 Å². The maximum absolute atomic E-state index is 13.2. The van der Waals surface area contributed by atoms with Gasteiger partial charge in [0.1, 0.15) is 5.75 Å². The Balaban J connectivity index is 1.64. The van der Waals surface area contributed by atoms with Crippen molar-refractivity contribution in [2.45, 2.75) is 24.9 Å². The Kier molecular flexibility index (Phi) is 6.85. The Morgan fingerprint density at radius 1 is 1.00 bits per heavy atom. The van der Waals surface area contributed by atoms with E-state index in [4.69, 9.17) is 11.6 Å². The number of urea groups is 1. The minimum atomic E-state index is -4.85. The molecule has 2 amide bonds. The molecule has 0 spiro atoms. The molecular weight excluding hydrogens is 524 g/mol. The Bertz CT molecular complexity index is 1330. The van der Waals surface area contributed by atoms with Crippen LogP contribution >= 0.6 is 11.6 Å². The lowest BCUT2D eigenvalue weighted by atomic mass is 9.76. The van der Waals surface area contributed by atoms with Gasteiger partial charge in [-0.2, -0.15) is 18.3 Å². The first-order valence-electron chi connectivity index (χ1n) is 10.7. The van der Waals surface area contributed by atoms with Gasteiger partial charge in [-0.05, 0) is 48.9 Å². The van der Waals surface area contributed by atoms with Crippen molar-refractivity contribution in [1.29, 1.82) is 0 Å². The summed E-state index contributed by atoms with van der Waals surface area (Å²) >= 11 is 5.94. The molecule has 0 fully saturated rings. The molecule has 1 atom stereocenters. The Hall–Kier alpha value is -3.73. The first-order chi connectivity index (χ1) is 17.3. The average molecular weight is 542 g/mol. The largest absolute Gasteiger partial charge is 0.573 e. The van der Waals surface area contributed by atoms with Crippen molar-refractivity contribution in [3.63, 3.8) is 0 Å². The lowest BCUT2D eigenvalue weighted by Crippen LogP contribution is -2.38. The molecule has 37 heavy (non-hydrogen) atoms. The van der Waals surface area contributed by atoms with Crippen molar-refractivity contribution in [2.75, 3.05) is 11.9 Å². The maximum Gasteiger partial charge on any atom is 0.573 e. The van der Waals surface area contributed by atoms with E-state index in [1.807, 2.05) is 12.1 Å². The van der Waals surface area contributed by atoms with E-state index in [1.165, 1.54) is 18.2 Å². The number of carbonyl (C=O) groups excluding carboxylic acids is 1. The van der Waals surface area contributed by atoms with E-state index in [2.05, 4.69) is 15.2 Å². The van der Waals surface area contributed by atoms with Crippen molar-refractivity contribution in [2.24, 2.45) is 5.10 Å². The number of amides is 2. The molecule has 1 unspecified atom stereocenters. The zero-order valence-corrected chi connectivity index (χ0v) is 19.7. The van der Waals surface area contributed by atoms with Crippen LogP contribution in [-0.4, -0.2) is 29.7 Å². The standard InChI is InChI=1S/C25H18ClF6N3O2/c1-23(16-5-3-2-4-6-16)14-35(22(36)33-17-8-10-18(11-9-17)37-25(30,31)32)34-21(23)15-7-12-19(20(26)13-15)24(27,28)29/h2-13H,14H2,1H3,(H,33,36). The van der Waals surface area contributed by atoms with Gasteiger partial charge in [0.25, 0.3) is 0 Å². The number of alkyl halides is 6. The summed E-state index contributed by atoms with van der Waals surface area (Å²) in [6.07, 6.45) is -9.49. The van der Waals surface area contributed by atoms with Crippen LogP contribution in [0.3, 0.4) is 0 Å². The normalized spacial score (nSPS) is 17.9. The minimum absolute atomic E-state index is 0.0338. The van der Waals surface area contributed by atoms with E-state index in [0.29, 0.717) is 11.3 Å². The third kappa shape index (κ3) is 5.82. The van der Waals surface area contributed by atoms with E-state index in [0.717, 1.165) is 34.8 Å². The maximum atomic E-state index is 13.2. The summed E-state index contributed by atoms with van der Waals surface area (Å²) in [4.78, 5) is 13.0. The van der Waals surface area contributed by atoms with Gasteiger partial charge in [-0.1, -0.05) is 48.0 Å². The van der Waals surface area contributed by atoms with Crippen LogP contribution in [0.25, 0.3) is 0 Å². The molecule has 194 valence electrons. The topological polar surface area (TPSA) is 53.9 Å². The van der Waals surface area contributed by atoms with Crippen LogP contribution < -0.4 is 10.1 Å². The van der Waals surface area contributed by atoms with Crippen molar-refractivity contribution < 1.29 is 35.9 Å². The molecule has 0 bridgehead atoms. The fourth-order valence-electron chi connectivity index (χ4n) is 3.99. The molecule has 0 aliphatic carbocycles. The van der Waals surface area contributed by atoms with Crippen molar-refractivity contribution in [3.8, 4) is 5.75 Å². The first-order valence-corrected chi connectivity index (χ1v) is 11.1. The molecule has 1 N–H and O–H groups in total. The number of hydrogen-bond acceptors (Lipinski definition) is 3. The van der Waals surface area contributed by atoms with Gasteiger partial charge in [-0.15, -0.1) is 13.2 Å². The van der Waals surface area contributed by atoms with Crippen LogP contribution in [0.4, 0.5) is 36.8 Å². The summed E-state index contributed by atoms with van der Waals surface area (Å²) in [5.41, 5.74) is -0.348. The van der Waals surface area contributed by atoms with E-state index in [1.54, 1.807) is 25.1 Å². The second-order valence-corrected chi connectivity index (χ2v) is 8.81. The van der Waals surface area contributed by atoms with E-state index < -0.39 is 40.3 Å². The van der Waals surface area contributed by atoms with Gasteiger partial charge in [-0.25, -0.2) is 9.80 Å². The van der Waals surface area contributed by atoms with Gasteiger partial charge < -0.3 is 10.1 Å². The van der Waals surface area contributed by atoms with E-state index in [-0.39, 0.29) is 12.2 Å².